The summed E-state index contributed by atoms with van der Waals surface area (Å²) in [6.07, 6.45) is 1.26. The first-order valence-corrected chi connectivity index (χ1v) is 7.45. The summed E-state index contributed by atoms with van der Waals surface area (Å²) >= 11 is 0. The van der Waals surface area contributed by atoms with E-state index in [1.807, 2.05) is 0 Å². The van der Waals surface area contributed by atoms with E-state index in [1.54, 1.807) is 0 Å². The van der Waals surface area contributed by atoms with Gasteiger partial charge in [-0.25, -0.2) is 0 Å². The standard InChI is InChI=1S/C17H30N2/c1-14(2)9-10-18-12-16(4)19(5)13-17-8-6-7-15(3)11-17/h6-8,11,14,16,18H,9-10,12-13H2,1-5H3. The first-order chi connectivity index (χ1) is 8.99. The number of benzene rings is 1. The van der Waals surface area contributed by atoms with Gasteiger partial charge >= 0.3 is 0 Å². The predicted octanol–water partition coefficient (Wildman–Crippen LogP) is 3.45. The molecule has 0 aliphatic heterocycles. The summed E-state index contributed by atoms with van der Waals surface area (Å²) in [4.78, 5) is 2.41. The third-order valence-electron chi connectivity index (χ3n) is 3.61. The minimum absolute atomic E-state index is 0.563. The Morgan fingerprint density at radius 2 is 1.95 bits per heavy atom. The first kappa shape index (κ1) is 16.2. The van der Waals surface area contributed by atoms with E-state index in [4.69, 9.17) is 0 Å². The molecule has 1 aromatic rings. The Bertz CT molecular complexity index is 360. The SMILES string of the molecule is Cc1cccc(CN(C)C(C)CNCCC(C)C)c1. The molecule has 2 nitrogen and oxygen atoms in total. The van der Waals surface area contributed by atoms with Gasteiger partial charge in [0.15, 0.2) is 0 Å². The fraction of sp³-hybridized carbons (Fsp3) is 0.647. The van der Waals surface area contributed by atoms with Crippen molar-refractivity contribution >= 4 is 0 Å². The van der Waals surface area contributed by atoms with Gasteiger partial charge in [0, 0.05) is 19.1 Å². The molecule has 1 aromatic carbocycles. The smallest absolute Gasteiger partial charge is 0.0234 e. The Labute approximate surface area is 119 Å². The molecule has 19 heavy (non-hydrogen) atoms. The normalized spacial score (nSPS) is 13.2. The molecule has 0 aromatic heterocycles. The lowest BCUT2D eigenvalue weighted by atomic mass is 10.1. The fourth-order valence-electron chi connectivity index (χ4n) is 2.11. The maximum absolute atomic E-state index is 3.55. The lowest BCUT2D eigenvalue weighted by molar-refractivity contribution is 0.242. The van der Waals surface area contributed by atoms with Crippen LogP contribution in [0.5, 0.6) is 0 Å². The van der Waals surface area contributed by atoms with E-state index < -0.39 is 0 Å². The van der Waals surface area contributed by atoms with Gasteiger partial charge in [0.2, 0.25) is 0 Å². The van der Waals surface area contributed by atoms with Crippen molar-refractivity contribution < 1.29 is 0 Å². The molecule has 0 saturated carbocycles. The van der Waals surface area contributed by atoms with Crippen molar-refractivity contribution in [3.8, 4) is 0 Å². The van der Waals surface area contributed by atoms with Crippen LogP contribution in [0.1, 0.15) is 38.3 Å². The molecule has 0 saturated heterocycles. The summed E-state index contributed by atoms with van der Waals surface area (Å²) in [6.45, 7) is 12.2. The summed E-state index contributed by atoms with van der Waals surface area (Å²) in [7, 11) is 2.21. The van der Waals surface area contributed by atoms with Gasteiger partial charge in [-0.2, -0.15) is 0 Å². The second-order valence-corrected chi connectivity index (χ2v) is 6.14. The monoisotopic (exact) mass is 262 g/mol. The second kappa shape index (κ2) is 8.34. The van der Waals surface area contributed by atoms with E-state index in [0.29, 0.717) is 6.04 Å². The average Bonchev–Trinajstić information content (AvgIpc) is 2.34. The highest BCUT2D eigenvalue weighted by atomic mass is 15.1. The van der Waals surface area contributed by atoms with E-state index >= 15 is 0 Å². The average molecular weight is 262 g/mol. The largest absolute Gasteiger partial charge is 0.315 e. The van der Waals surface area contributed by atoms with E-state index in [-0.39, 0.29) is 0 Å². The Balaban J connectivity index is 2.30. The summed E-state index contributed by atoms with van der Waals surface area (Å²) in [5, 5.41) is 3.55. The van der Waals surface area contributed by atoms with Gasteiger partial charge in [-0.15, -0.1) is 0 Å². The second-order valence-electron chi connectivity index (χ2n) is 6.14. The minimum Gasteiger partial charge on any atom is -0.315 e. The molecule has 0 radical (unpaired) electrons. The number of nitrogens with one attached hydrogen (secondary N) is 1. The van der Waals surface area contributed by atoms with Crippen LogP contribution in [0.4, 0.5) is 0 Å². The molecule has 2 heteroatoms. The molecule has 0 spiro atoms. The fourth-order valence-corrected chi connectivity index (χ4v) is 2.11. The van der Waals surface area contributed by atoms with Crippen molar-refractivity contribution in [2.45, 2.75) is 46.7 Å². The summed E-state index contributed by atoms with van der Waals surface area (Å²) in [6, 6.07) is 9.34. The van der Waals surface area contributed by atoms with E-state index in [2.05, 4.69) is 69.2 Å². The van der Waals surface area contributed by atoms with Crippen molar-refractivity contribution in [2.24, 2.45) is 5.92 Å². The highest BCUT2D eigenvalue weighted by molar-refractivity contribution is 5.22. The van der Waals surface area contributed by atoms with Crippen LogP contribution in [-0.2, 0) is 6.54 Å². The molecular formula is C17H30N2. The number of hydrogen-bond donors (Lipinski definition) is 1. The maximum Gasteiger partial charge on any atom is 0.0234 e. The molecule has 0 fully saturated rings. The number of hydrogen-bond acceptors (Lipinski definition) is 2. The van der Waals surface area contributed by atoms with Crippen molar-refractivity contribution in [3.05, 3.63) is 35.4 Å². The number of nitrogens with zero attached hydrogens (tertiary/aromatic N) is 1. The molecule has 0 amide bonds. The number of likely N-dealkylation sites (N-methyl/N-ethyl adjacent to an activating group) is 1. The molecule has 1 N–H and O–H groups in total. The predicted molar refractivity (Wildman–Crippen MR) is 84.4 cm³/mol. The van der Waals surface area contributed by atoms with Gasteiger partial charge in [0.05, 0.1) is 0 Å². The van der Waals surface area contributed by atoms with Crippen LogP contribution in [0.2, 0.25) is 0 Å². The van der Waals surface area contributed by atoms with Crippen LogP contribution in [0.15, 0.2) is 24.3 Å². The Morgan fingerprint density at radius 3 is 2.58 bits per heavy atom. The van der Waals surface area contributed by atoms with Crippen LogP contribution in [0.25, 0.3) is 0 Å². The van der Waals surface area contributed by atoms with Gasteiger partial charge in [0.1, 0.15) is 0 Å². The van der Waals surface area contributed by atoms with Gasteiger partial charge in [-0.05, 0) is 45.3 Å². The van der Waals surface area contributed by atoms with Crippen molar-refractivity contribution in [2.75, 3.05) is 20.1 Å². The third-order valence-corrected chi connectivity index (χ3v) is 3.61. The number of aryl methyl sites for hydroxylation is 1. The first-order valence-electron chi connectivity index (χ1n) is 7.45. The zero-order valence-electron chi connectivity index (χ0n) is 13.2. The summed E-state index contributed by atoms with van der Waals surface area (Å²) in [5.41, 5.74) is 2.74. The lowest BCUT2D eigenvalue weighted by Crippen LogP contribution is -2.38. The van der Waals surface area contributed by atoms with E-state index in [1.165, 1.54) is 17.5 Å². The van der Waals surface area contributed by atoms with E-state index in [0.717, 1.165) is 25.6 Å². The molecule has 1 rings (SSSR count). The van der Waals surface area contributed by atoms with Crippen LogP contribution in [0.3, 0.4) is 0 Å². The minimum atomic E-state index is 0.563. The Morgan fingerprint density at radius 1 is 1.21 bits per heavy atom. The number of rotatable bonds is 8. The maximum atomic E-state index is 3.55. The molecule has 1 unspecified atom stereocenters. The summed E-state index contributed by atoms with van der Waals surface area (Å²) in [5.74, 6) is 0.785. The summed E-state index contributed by atoms with van der Waals surface area (Å²) < 4.78 is 0. The highest BCUT2D eigenvalue weighted by Gasteiger charge is 2.09. The molecule has 0 aliphatic rings. The van der Waals surface area contributed by atoms with Crippen molar-refractivity contribution in [3.63, 3.8) is 0 Å². The topological polar surface area (TPSA) is 15.3 Å². The van der Waals surface area contributed by atoms with Gasteiger partial charge in [-0.3, -0.25) is 4.90 Å². The molecular weight excluding hydrogens is 232 g/mol. The van der Waals surface area contributed by atoms with Crippen LogP contribution < -0.4 is 5.32 Å². The zero-order chi connectivity index (χ0) is 14.3. The van der Waals surface area contributed by atoms with Gasteiger partial charge in [-0.1, -0.05) is 43.7 Å². The quantitative estimate of drug-likeness (QED) is 0.722. The Kier molecular flexibility index (Phi) is 7.11. The van der Waals surface area contributed by atoms with Crippen molar-refractivity contribution in [1.29, 1.82) is 0 Å². The molecule has 0 aliphatic carbocycles. The van der Waals surface area contributed by atoms with Crippen LogP contribution in [-0.4, -0.2) is 31.1 Å². The molecule has 0 bridgehead atoms. The zero-order valence-corrected chi connectivity index (χ0v) is 13.2. The van der Waals surface area contributed by atoms with Crippen LogP contribution in [0, 0.1) is 12.8 Å². The third kappa shape index (κ3) is 6.74. The van der Waals surface area contributed by atoms with Gasteiger partial charge < -0.3 is 5.32 Å². The highest BCUT2D eigenvalue weighted by Crippen LogP contribution is 2.08. The van der Waals surface area contributed by atoms with Crippen LogP contribution >= 0.6 is 0 Å². The van der Waals surface area contributed by atoms with Crippen molar-refractivity contribution in [1.82, 2.24) is 10.2 Å². The molecule has 108 valence electrons. The van der Waals surface area contributed by atoms with E-state index in [9.17, 15) is 0 Å². The molecule has 0 heterocycles. The molecule has 1 atom stereocenters. The Hall–Kier alpha value is -0.860. The van der Waals surface area contributed by atoms with Gasteiger partial charge in [0.25, 0.3) is 0 Å². The lowest BCUT2D eigenvalue weighted by Gasteiger charge is -2.25.